The van der Waals surface area contributed by atoms with Crippen LogP contribution < -0.4 is 10.6 Å². The molecular weight excluding hydrogens is 505 g/mol. The molecule has 1 aliphatic rings. The Morgan fingerprint density at radius 1 is 1.20 bits per heavy atom. The SMILES string of the molecule is CCNC(=NCCc1sc(C)nc1C)NC1CCN(Cc2ccccc2C)CC1.I. The first-order chi connectivity index (χ1) is 14.0. The van der Waals surface area contributed by atoms with Gasteiger partial charge in [0.2, 0.25) is 0 Å². The average molecular weight is 542 g/mol. The molecule has 0 amide bonds. The second kappa shape index (κ2) is 12.6. The van der Waals surface area contributed by atoms with Crippen molar-refractivity contribution in [2.45, 2.75) is 59.5 Å². The summed E-state index contributed by atoms with van der Waals surface area (Å²) in [6.45, 7) is 13.5. The number of halogens is 1. The summed E-state index contributed by atoms with van der Waals surface area (Å²) in [5.74, 6) is 0.948. The van der Waals surface area contributed by atoms with Crippen LogP contribution in [-0.2, 0) is 13.0 Å². The highest BCUT2D eigenvalue weighted by molar-refractivity contribution is 14.0. The van der Waals surface area contributed by atoms with Crippen LogP contribution in [0.4, 0.5) is 0 Å². The second-order valence-corrected chi connectivity index (χ2v) is 9.16. The molecule has 3 rings (SSSR count). The fraction of sp³-hybridized carbons (Fsp3) is 0.565. The molecule has 0 radical (unpaired) electrons. The van der Waals surface area contributed by atoms with Gasteiger partial charge in [0, 0.05) is 50.1 Å². The van der Waals surface area contributed by atoms with Crippen LogP contribution in [-0.4, -0.2) is 48.1 Å². The monoisotopic (exact) mass is 541 g/mol. The quantitative estimate of drug-likeness (QED) is 0.309. The summed E-state index contributed by atoms with van der Waals surface area (Å²) < 4.78 is 0. The molecule has 1 aliphatic heterocycles. The number of aromatic nitrogens is 1. The first-order valence-corrected chi connectivity index (χ1v) is 11.6. The van der Waals surface area contributed by atoms with Gasteiger partial charge in [-0.3, -0.25) is 9.89 Å². The minimum Gasteiger partial charge on any atom is -0.357 e. The van der Waals surface area contributed by atoms with Gasteiger partial charge in [-0.2, -0.15) is 0 Å². The van der Waals surface area contributed by atoms with Gasteiger partial charge in [0.15, 0.2) is 5.96 Å². The molecule has 1 fully saturated rings. The summed E-state index contributed by atoms with van der Waals surface area (Å²) in [6.07, 6.45) is 3.27. The number of aliphatic imine (C=N–C) groups is 1. The number of rotatable bonds is 7. The highest BCUT2D eigenvalue weighted by Crippen LogP contribution is 2.18. The normalized spacial score (nSPS) is 15.7. The molecule has 2 heterocycles. The lowest BCUT2D eigenvalue weighted by Crippen LogP contribution is -2.48. The Hall–Kier alpha value is -1.19. The number of thiazole rings is 1. The zero-order chi connectivity index (χ0) is 20.6. The predicted octanol–water partition coefficient (Wildman–Crippen LogP) is 4.45. The maximum Gasteiger partial charge on any atom is 0.191 e. The molecule has 1 aromatic carbocycles. The Morgan fingerprint density at radius 3 is 2.57 bits per heavy atom. The van der Waals surface area contributed by atoms with Crippen molar-refractivity contribution in [3.05, 3.63) is 51.0 Å². The Bertz CT molecular complexity index is 812. The van der Waals surface area contributed by atoms with Crippen LogP contribution >= 0.6 is 35.3 Å². The van der Waals surface area contributed by atoms with Crippen LogP contribution in [0.3, 0.4) is 0 Å². The largest absolute Gasteiger partial charge is 0.357 e. The van der Waals surface area contributed by atoms with Crippen molar-refractivity contribution < 1.29 is 0 Å². The van der Waals surface area contributed by atoms with Crippen molar-refractivity contribution >= 4 is 41.3 Å². The highest BCUT2D eigenvalue weighted by Gasteiger charge is 2.20. The van der Waals surface area contributed by atoms with Crippen molar-refractivity contribution in [2.24, 2.45) is 4.99 Å². The third-order valence-corrected chi connectivity index (χ3v) is 6.67. The van der Waals surface area contributed by atoms with Gasteiger partial charge in [0.05, 0.1) is 10.7 Å². The fourth-order valence-electron chi connectivity index (χ4n) is 3.85. The van der Waals surface area contributed by atoms with Crippen LogP contribution in [0.25, 0.3) is 0 Å². The number of hydrogen-bond donors (Lipinski definition) is 2. The van der Waals surface area contributed by atoms with Crippen LogP contribution in [0.5, 0.6) is 0 Å². The number of nitrogens with zero attached hydrogens (tertiary/aromatic N) is 3. The molecule has 1 aromatic heterocycles. The van der Waals surface area contributed by atoms with E-state index >= 15 is 0 Å². The first kappa shape index (κ1) is 25.1. The van der Waals surface area contributed by atoms with E-state index in [-0.39, 0.29) is 24.0 Å². The summed E-state index contributed by atoms with van der Waals surface area (Å²) in [6, 6.07) is 9.21. The number of nitrogens with one attached hydrogen (secondary N) is 2. The van der Waals surface area contributed by atoms with Gasteiger partial charge in [-0.25, -0.2) is 4.98 Å². The van der Waals surface area contributed by atoms with Gasteiger partial charge in [-0.1, -0.05) is 24.3 Å². The molecule has 0 unspecified atom stereocenters. The van der Waals surface area contributed by atoms with Crippen LogP contribution in [0.2, 0.25) is 0 Å². The Labute approximate surface area is 202 Å². The van der Waals surface area contributed by atoms with E-state index in [1.165, 1.54) is 16.0 Å². The minimum absolute atomic E-state index is 0. The standard InChI is InChI=1S/C23H35N5S.HI/c1-5-24-23(25-13-10-22-18(3)26-19(4)29-22)27-21-11-14-28(15-12-21)16-20-9-7-6-8-17(20)2;/h6-9,21H,5,10-16H2,1-4H3,(H2,24,25,27);1H. The Morgan fingerprint density at radius 2 is 1.93 bits per heavy atom. The van der Waals surface area contributed by atoms with Gasteiger partial charge < -0.3 is 10.6 Å². The number of aryl methyl sites for hydroxylation is 3. The van der Waals surface area contributed by atoms with Crippen molar-refractivity contribution in [2.75, 3.05) is 26.2 Å². The van der Waals surface area contributed by atoms with Crippen molar-refractivity contribution in [1.29, 1.82) is 0 Å². The summed E-state index contributed by atoms with van der Waals surface area (Å²) >= 11 is 1.79. The summed E-state index contributed by atoms with van der Waals surface area (Å²) in [4.78, 5) is 13.2. The molecule has 166 valence electrons. The van der Waals surface area contributed by atoms with Gasteiger partial charge >= 0.3 is 0 Å². The smallest absolute Gasteiger partial charge is 0.191 e. The topological polar surface area (TPSA) is 52.6 Å². The van der Waals surface area contributed by atoms with Gasteiger partial charge in [-0.15, -0.1) is 35.3 Å². The lowest BCUT2D eigenvalue weighted by atomic mass is 10.0. The van der Waals surface area contributed by atoms with Crippen LogP contribution in [0.15, 0.2) is 29.3 Å². The lowest BCUT2D eigenvalue weighted by Gasteiger charge is -2.33. The van der Waals surface area contributed by atoms with E-state index in [2.05, 4.69) is 72.5 Å². The minimum atomic E-state index is 0. The molecule has 30 heavy (non-hydrogen) atoms. The first-order valence-electron chi connectivity index (χ1n) is 10.8. The maximum absolute atomic E-state index is 4.81. The lowest BCUT2D eigenvalue weighted by molar-refractivity contribution is 0.198. The molecule has 2 aromatic rings. The molecule has 0 aliphatic carbocycles. The maximum atomic E-state index is 4.81. The van der Waals surface area contributed by atoms with Crippen molar-refractivity contribution in [1.82, 2.24) is 20.5 Å². The molecule has 0 spiro atoms. The molecule has 0 bridgehead atoms. The zero-order valence-corrected chi connectivity index (χ0v) is 21.8. The highest BCUT2D eigenvalue weighted by atomic mass is 127. The van der Waals surface area contributed by atoms with E-state index in [1.54, 1.807) is 11.3 Å². The molecule has 5 nitrogen and oxygen atoms in total. The summed E-state index contributed by atoms with van der Waals surface area (Å²) in [7, 11) is 0. The molecular formula is C23H36IN5S. The van der Waals surface area contributed by atoms with Gasteiger partial charge in [0.25, 0.3) is 0 Å². The third kappa shape index (κ3) is 7.50. The van der Waals surface area contributed by atoms with Crippen molar-refractivity contribution in [3.63, 3.8) is 0 Å². The van der Waals surface area contributed by atoms with Crippen molar-refractivity contribution in [3.8, 4) is 0 Å². The predicted molar refractivity (Wildman–Crippen MR) is 139 cm³/mol. The van der Waals surface area contributed by atoms with Crippen LogP contribution in [0.1, 0.15) is 46.5 Å². The number of guanidine groups is 1. The van der Waals surface area contributed by atoms with Gasteiger partial charge in [-0.05, 0) is 51.7 Å². The Balaban J connectivity index is 0.00000320. The second-order valence-electron chi connectivity index (χ2n) is 7.87. The van der Waals surface area contributed by atoms with Gasteiger partial charge in [0.1, 0.15) is 0 Å². The Kier molecular flexibility index (Phi) is 10.5. The fourth-order valence-corrected chi connectivity index (χ4v) is 4.78. The molecule has 7 heteroatoms. The molecule has 1 saturated heterocycles. The zero-order valence-electron chi connectivity index (χ0n) is 18.7. The number of piperidine rings is 1. The van der Waals surface area contributed by atoms with E-state index in [9.17, 15) is 0 Å². The molecule has 0 atom stereocenters. The third-order valence-electron chi connectivity index (χ3n) is 5.54. The van der Waals surface area contributed by atoms with E-state index in [4.69, 9.17) is 4.99 Å². The van der Waals surface area contributed by atoms with Crippen LogP contribution in [0, 0.1) is 20.8 Å². The van der Waals surface area contributed by atoms with E-state index in [0.717, 1.165) is 68.6 Å². The summed E-state index contributed by atoms with van der Waals surface area (Å²) in [5.41, 5.74) is 3.99. The van der Waals surface area contributed by atoms with E-state index in [0.29, 0.717) is 6.04 Å². The number of hydrogen-bond acceptors (Lipinski definition) is 4. The molecule has 2 N–H and O–H groups in total. The number of likely N-dealkylation sites (tertiary alicyclic amines) is 1. The molecule has 0 saturated carbocycles. The average Bonchev–Trinajstić information content (AvgIpc) is 3.02. The number of benzene rings is 1. The van der Waals surface area contributed by atoms with E-state index < -0.39 is 0 Å². The summed E-state index contributed by atoms with van der Waals surface area (Å²) in [5, 5.41) is 8.21. The van der Waals surface area contributed by atoms with E-state index in [1.807, 2.05) is 0 Å².